The third kappa shape index (κ3) is 3.10. The number of rotatable bonds is 4. The Morgan fingerprint density at radius 1 is 1.30 bits per heavy atom. The van der Waals surface area contributed by atoms with Crippen LogP contribution in [0.15, 0.2) is 35.1 Å². The smallest absolute Gasteiger partial charge is 0.271 e. The van der Waals surface area contributed by atoms with E-state index >= 15 is 0 Å². The number of non-ortho nitro benzene ring substituents is 1. The van der Waals surface area contributed by atoms with Crippen molar-refractivity contribution in [1.29, 1.82) is 0 Å². The molecule has 0 fully saturated rings. The molecule has 1 heterocycles. The highest BCUT2D eigenvalue weighted by molar-refractivity contribution is 7.85. The molecule has 0 atom stereocenters. The van der Waals surface area contributed by atoms with Crippen LogP contribution < -0.4 is 5.56 Å². The molecule has 0 unspecified atom stereocenters. The van der Waals surface area contributed by atoms with E-state index in [9.17, 15) is 23.3 Å². The molecule has 0 saturated heterocycles. The predicted octanol–water partition coefficient (Wildman–Crippen LogP) is 0.462. The lowest BCUT2D eigenvalue weighted by atomic mass is 10.3. The number of H-pyrrole nitrogens is 1. The van der Waals surface area contributed by atoms with Crippen molar-refractivity contribution in [2.45, 2.75) is 5.75 Å². The first-order valence-corrected chi connectivity index (χ1v) is 6.88. The molecular formula is C10H9N3O6S. The topological polar surface area (TPSA) is 135 Å². The van der Waals surface area contributed by atoms with Crippen molar-refractivity contribution in [2.75, 3.05) is 0 Å². The predicted molar refractivity (Wildman–Crippen MR) is 68.3 cm³/mol. The quantitative estimate of drug-likeness (QED) is 0.478. The number of nitro benzene ring substituents is 1. The van der Waals surface area contributed by atoms with Gasteiger partial charge in [0.1, 0.15) is 5.75 Å². The van der Waals surface area contributed by atoms with Crippen LogP contribution in [0.2, 0.25) is 0 Å². The van der Waals surface area contributed by atoms with Gasteiger partial charge in [-0.15, -0.1) is 0 Å². The van der Waals surface area contributed by atoms with Crippen molar-refractivity contribution < 1.29 is 17.9 Å². The maximum atomic E-state index is 11.7. The Kier molecular flexibility index (Phi) is 3.42. The number of nitro groups is 1. The molecule has 2 rings (SSSR count). The van der Waals surface area contributed by atoms with Crippen LogP contribution in [0.4, 0.5) is 5.69 Å². The third-order valence-electron chi connectivity index (χ3n) is 2.43. The summed E-state index contributed by atoms with van der Waals surface area (Å²) in [5, 5.41) is 13.0. The number of aromatic amines is 1. The highest BCUT2D eigenvalue weighted by Crippen LogP contribution is 2.13. The van der Waals surface area contributed by atoms with Crippen LogP contribution >= 0.6 is 0 Å². The summed E-state index contributed by atoms with van der Waals surface area (Å²) in [5.74, 6) is -0.720. The molecule has 9 nitrogen and oxygen atoms in total. The minimum absolute atomic E-state index is 0.0100. The van der Waals surface area contributed by atoms with Crippen molar-refractivity contribution >= 4 is 15.8 Å². The van der Waals surface area contributed by atoms with E-state index in [1.165, 1.54) is 24.3 Å². The van der Waals surface area contributed by atoms with Gasteiger partial charge in [0.25, 0.3) is 21.4 Å². The lowest BCUT2D eigenvalue weighted by Gasteiger charge is -2.01. The summed E-state index contributed by atoms with van der Waals surface area (Å²) in [6.07, 6.45) is 0. The lowest BCUT2D eigenvalue weighted by molar-refractivity contribution is -0.384. The molecule has 20 heavy (non-hydrogen) atoms. The molecule has 0 aliphatic carbocycles. The highest BCUT2D eigenvalue weighted by Gasteiger charge is 2.12. The van der Waals surface area contributed by atoms with E-state index in [2.05, 4.69) is 5.10 Å². The molecule has 0 bridgehead atoms. The third-order valence-corrected chi connectivity index (χ3v) is 3.11. The van der Waals surface area contributed by atoms with E-state index in [1.807, 2.05) is 0 Å². The maximum absolute atomic E-state index is 11.7. The van der Waals surface area contributed by atoms with Gasteiger partial charge in [-0.2, -0.15) is 8.42 Å². The molecule has 2 aromatic rings. The van der Waals surface area contributed by atoms with Gasteiger partial charge in [0.05, 0.1) is 16.3 Å². The van der Waals surface area contributed by atoms with Crippen molar-refractivity contribution in [2.24, 2.45) is 0 Å². The van der Waals surface area contributed by atoms with Gasteiger partial charge in [0.15, 0.2) is 0 Å². The van der Waals surface area contributed by atoms with Gasteiger partial charge < -0.3 is 0 Å². The Bertz CT molecular complexity index is 802. The summed E-state index contributed by atoms with van der Waals surface area (Å²) in [4.78, 5) is 21.6. The lowest BCUT2D eigenvalue weighted by Crippen LogP contribution is -2.13. The van der Waals surface area contributed by atoms with Crippen molar-refractivity contribution in [1.82, 2.24) is 9.78 Å². The van der Waals surface area contributed by atoms with Crippen LogP contribution in [0, 0.1) is 10.1 Å². The van der Waals surface area contributed by atoms with Crippen LogP contribution in [0.5, 0.6) is 0 Å². The van der Waals surface area contributed by atoms with Gasteiger partial charge in [-0.05, 0) is 12.1 Å². The summed E-state index contributed by atoms with van der Waals surface area (Å²) < 4.78 is 31.2. The average molecular weight is 299 g/mol. The van der Waals surface area contributed by atoms with Gasteiger partial charge in [-0.3, -0.25) is 24.6 Å². The molecule has 0 saturated carbocycles. The normalized spacial score (nSPS) is 11.4. The van der Waals surface area contributed by atoms with Crippen LogP contribution in [0.1, 0.15) is 5.69 Å². The molecule has 106 valence electrons. The SMILES string of the molecule is O=c1cc(CS(=O)(=O)O)[nH]n1-c1ccc([N+](=O)[O-])cc1. The van der Waals surface area contributed by atoms with Gasteiger partial charge in [0.2, 0.25) is 0 Å². The summed E-state index contributed by atoms with van der Waals surface area (Å²) >= 11 is 0. The fourth-order valence-electron chi connectivity index (χ4n) is 1.63. The molecule has 0 spiro atoms. The van der Waals surface area contributed by atoms with Crippen LogP contribution in [-0.2, 0) is 15.9 Å². The summed E-state index contributed by atoms with van der Waals surface area (Å²) in [5.41, 5.74) is -0.359. The molecule has 2 N–H and O–H groups in total. The second-order valence-electron chi connectivity index (χ2n) is 3.95. The standard InChI is InChI=1S/C10H9N3O6S/c14-10-5-7(6-20(17,18)19)11-12(10)8-1-3-9(4-2-8)13(15)16/h1-5,11H,6H2,(H,17,18,19). The zero-order valence-electron chi connectivity index (χ0n) is 9.88. The molecule has 10 heteroatoms. The Morgan fingerprint density at radius 2 is 1.90 bits per heavy atom. The molecule has 0 radical (unpaired) electrons. The first-order valence-electron chi connectivity index (χ1n) is 5.27. The van der Waals surface area contributed by atoms with Crippen LogP contribution in [0.25, 0.3) is 5.69 Å². The van der Waals surface area contributed by atoms with E-state index in [-0.39, 0.29) is 11.4 Å². The fourth-order valence-corrected chi connectivity index (χ4v) is 2.17. The molecule has 1 aromatic carbocycles. The number of hydrogen-bond acceptors (Lipinski definition) is 5. The van der Waals surface area contributed by atoms with E-state index in [0.717, 1.165) is 10.7 Å². The Morgan fingerprint density at radius 3 is 2.40 bits per heavy atom. The molecular weight excluding hydrogens is 290 g/mol. The monoisotopic (exact) mass is 299 g/mol. The second kappa shape index (κ2) is 4.90. The van der Waals surface area contributed by atoms with Crippen LogP contribution in [0.3, 0.4) is 0 Å². The van der Waals surface area contributed by atoms with Crippen molar-refractivity contribution in [3.63, 3.8) is 0 Å². The Labute approximate surface area is 112 Å². The number of nitrogens with zero attached hydrogens (tertiary/aromatic N) is 2. The van der Waals surface area contributed by atoms with Crippen molar-refractivity contribution in [3.05, 3.63) is 56.5 Å². The van der Waals surface area contributed by atoms with Crippen molar-refractivity contribution in [3.8, 4) is 5.69 Å². The minimum atomic E-state index is -4.25. The van der Waals surface area contributed by atoms with Gasteiger partial charge in [-0.1, -0.05) is 0 Å². The van der Waals surface area contributed by atoms with E-state index in [1.54, 1.807) is 0 Å². The summed E-state index contributed by atoms with van der Waals surface area (Å²) in [6.45, 7) is 0. The zero-order valence-corrected chi connectivity index (χ0v) is 10.7. The van der Waals surface area contributed by atoms with Gasteiger partial charge in [-0.25, -0.2) is 4.68 Å². The largest absolute Gasteiger partial charge is 0.294 e. The number of aromatic nitrogens is 2. The Hall–Kier alpha value is -2.46. The second-order valence-corrected chi connectivity index (χ2v) is 5.41. The van der Waals surface area contributed by atoms with Gasteiger partial charge in [0, 0.05) is 18.2 Å². The first kappa shape index (κ1) is 14.0. The molecule has 0 aliphatic rings. The average Bonchev–Trinajstić information content (AvgIpc) is 2.67. The number of hydrogen-bond donors (Lipinski definition) is 2. The number of benzene rings is 1. The first-order chi connectivity index (χ1) is 9.26. The van der Waals surface area contributed by atoms with E-state index in [0.29, 0.717) is 5.69 Å². The minimum Gasteiger partial charge on any atom is -0.294 e. The maximum Gasteiger partial charge on any atom is 0.271 e. The van der Waals surface area contributed by atoms with Crippen LogP contribution in [-0.4, -0.2) is 27.7 Å². The molecule has 1 aromatic heterocycles. The summed E-state index contributed by atoms with van der Waals surface area (Å²) in [7, 11) is -4.25. The Balaban J connectivity index is 2.38. The van der Waals surface area contributed by atoms with E-state index in [4.69, 9.17) is 4.55 Å². The highest BCUT2D eigenvalue weighted by atomic mass is 32.2. The fraction of sp³-hybridized carbons (Fsp3) is 0.100. The summed E-state index contributed by atoms with van der Waals surface area (Å²) in [6, 6.07) is 6.13. The molecule has 0 amide bonds. The molecule has 0 aliphatic heterocycles. The zero-order chi connectivity index (χ0) is 14.9. The number of nitrogens with one attached hydrogen (secondary N) is 1. The van der Waals surface area contributed by atoms with Gasteiger partial charge >= 0.3 is 0 Å². The van der Waals surface area contributed by atoms with E-state index < -0.39 is 26.4 Å².